The molecule has 8 heteroatoms. The maximum Gasteiger partial charge on any atom is 0.348 e. The van der Waals surface area contributed by atoms with Gasteiger partial charge in [-0.15, -0.1) is 11.3 Å². The molecule has 6 nitrogen and oxygen atoms in total. The second-order valence-electron chi connectivity index (χ2n) is 5.20. The first-order valence-electron chi connectivity index (χ1n) is 7.35. The van der Waals surface area contributed by atoms with Gasteiger partial charge in [-0.1, -0.05) is 6.92 Å². The number of esters is 1. The van der Waals surface area contributed by atoms with Crippen molar-refractivity contribution >= 4 is 39.3 Å². The van der Waals surface area contributed by atoms with E-state index in [1.54, 1.807) is 13.0 Å². The normalized spacial score (nSPS) is 11.8. The van der Waals surface area contributed by atoms with Gasteiger partial charge in [-0.05, 0) is 43.0 Å². The molecule has 0 saturated carbocycles. The predicted molar refractivity (Wildman–Crippen MR) is 88.5 cm³/mol. The molecule has 0 aliphatic heterocycles. The third-order valence-corrected chi connectivity index (χ3v) is 4.35. The lowest BCUT2D eigenvalue weighted by molar-refractivity contribution is -0.123. The summed E-state index contributed by atoms with van der Waals surface area (Å²) >= 11 is 1.14. The van der Waals surface area contributed by atoms with E-state index in [1.165, 1.54) is 18.2 Å². The molecular weight excluding hydrogens is 335 g/mol. The molecule has 0 unspecified atom stereocenters. The minimum atomic E-state index is -0.726. The lowest BCUT2D eigenvalue weighted by Gasteiger charge is -2.11. The van der Waals surface area contributed by atoms with Gasteiger partial charge in [0.2, 0.25) is 0 Å². The Morgan fingerprint density at radius 3 is 2.75 bits per heavy atom. The zero-order valence-electron chi connectivity index (χ0n) is 13.2. The minimum Gasteiger partial charge on any atom is -0.451 e. The number of hydrogen-bond acceptors (Lipinski definition) is 5. The molecule has 1 atom stereocenters. The standard InChI is InChI=1S/C16H17FN2O4S/c1-3-9(2)18-16(22)19-14(20)8-23-15(21)13-7-10-6-11(17)4-5-12(10)24-13/h4-7,9H,3,8H2,1-2H3,(H2,18,19,20,22)/t9-/m0/s1. The number of urea groups is 1. The third kappa shape index (κ3) is 4.76. The molecule has 2 rings (SSSR count). The summed E-state index contributed by atoms with van der Waals surface area (Å²) in [5, 5.41) is 5.22. The van der Waals surface area contributed by atoms with E-state index in [9.17, 15) is 18.8 Å². The van der Waals surface area contributed by atoms with Crippen LogP contribution in [0, 0.1) is 5.82 Å². The lowest BCUT2D eigenvalue weighted by atomic mass is 10.2. The smallest absolute Gasteiger partial charge is 0.348 e. The number of carbonyl (C=O) groups excluding carboxylic acids is 3. The number of ether oxygens (including phenoxy) is 1. The van der Waals surface area contributed by atoms with Crippen molar-refractivity contribution in [1.82, 2.24) is 10.6 Å². The Morgan fingerprint density at radius 2 is 2.04 bits per heavy atom. The van der Waals surface area contributed by atoms with Gasteiger partial charge in [0.05, 0.1) is 0 Å². The molecule has 24 heavy (non-hydrogen) atoms. The topological polar surface area (TPSA) is 84.5 Å². The minimum absolute atomic E-state index is 0.0701. The fourth-order valence-electron chi connectivity index (χ4n) is 1.84. The van der Waals surface area contributed by atoms with E-state index in [4.69, 9.17) is 4.74 Å². The zero-order chi connectivity index (χ0) is 17.7. The maximum absolute atomic E-state index is 13.1. The highest BCUT2D eigenvalue weighted by Crippen LogP contribution is 2.26. The average Bonchev–Trinajstić information content (AvgIpc) is 2.95. The summed E-state index contributed by atoms with van der Waals surface area (Å²) in [6, 6.07) is 4.98. The Bertz CT molecular complexity index is 775. The summed E-state index contributed by atoms with van der Waals surface area (Å²) in [4.78, 5) is 35.2. The van der Waals surface area contributed by atoms with Gasteiger partial charge < -0.3 is 10.1 Å². The highest BCUT2D eigenvalue weighted by molar-refractivity contribution is 7.20. The SMILES string of the molecule is CC[C@H](C)NC(=O)NC(=O)COC(=O)c1cc2cc(F)ccc2s1. The van der Waals surface area contributed by atoms with Crippen LogP contribution in [0.15, 0.2) is 24.3 Å². The van der Waals surface area contributed by atoms with Crippen molar-refractivity contribution in [2.24, 2.45) is 0 Å². The van der Waals surface area contributed by atoms with Gasteiger partial charge in [0.1, 0.15) is 10.7 Å². The van der Waals surface area contributed by atoms with Crippen LogP contribution >= 0.6 is 11.3 Å². The monoisotopic (exact) mass is 352 g/mol. The van der Waals surface area contributed by atoms with E-state index in [0.717, 1.165) is 22.5 Å². The summed E-state index contributed by atoms with van der Waals surface area (Å²) in [6.45, 7) is 3.12. The second-order valence-corrected chi connectivity index (χ2v) is 6.28. The first-order chi connectivity index (χ1) is 11.4. The zero-order valence-corrected chi connectivity index (χ0v) is 14.0. The van der Waals surface area contributed by atoms with Crippen LogP contribution in [0.25, 0.3) is 10.1 Å². The largest absolute Gasteiger partial charge is 0.451 e. The van der Waals surface area contributed by atoms with Crippen molar-refractivity contribution < 1.29 is 23.5 Å². The number of nitrogens with one attached hydrogen (secondary N) is 2. The number of fused-ring (bicyclic) bond motifs is 1. The average molecular weight is 352 g/mol. The van der Waals surface area contributed by atoms with E-state index in [1.807, 2.05) is 6.92 Å². The quantitative estimate of drug-likeness (QED) is 0.811. The van der Waals surface area contributed by atoms with Crippen LogP contribution < -0.4 is 10.6 Å². The van der Waals surface area contributed by atoms with Crippen LogP contribution in [-0.4, -0.2) is 30.6 Å². The van der Waals surface area contributed by atoms with Gasteiger partial charge in [-0.25, -0.2) is 14.0 Å². The number of carbonyl (C=O) groups is 3. The van der Waals surface area contributed by atoms with E-state index in [-0.39, 0.29) is 10.9 Å². The molecule has 0 radical (unpaired) electrons. The van der Waals surface area contributed by atoms with Crippen molar-refractivity contribution in [3.05, 3.63) is 35.0 Å². The molecule has 0 bridgehead atoms. The van der Waals surface area contributed by atoms with Gasteiger partial charge in [0, 0.05) is 10.7 Å². The Balaban J connectivity index is 1.87. The molecule has 3 amide bonds. The van der Waals surface area contributed by atoms with Gasteiger partial charge in [0.25, 0.3) is 5.91 Å². The van der Waals surface area contributed by atoms with E-state index < -0.39 is 30.3 Å². The predicted octanol–water partition coefficient (Wildman–Crippen LogP) is 2.82. The van der Waals surface area contributed by atoms with Crippen LogP contribution in [0.1, 0.15) is 29.9 Å². The summed E-state index contributed by atoms with van der Waals surface area (Å²) in [7, 11) is 0. The highest BCUT2D eigenvalue weighted by atomic mass is 32.1. The molecule has 0 aliphatic carbocycles. The van der Waals surface area contributed by atoms with Crippen LogP contribution in [0.2, 0.25) is 0 Å². The molecule has 0 spiro atoms. The molecule has 2 N–H and O–H groups in total. The number of benzene rings is 1. The van der Waals surface area contributed by atoms with Crippen molar-refractivity contribution in [3.8, 4) is 0 Å². The van der Waals surface area contributed by atoms with Gasteiger partial charge in [0.15, 0.2) is 6.61 Å². The Hall–Kier alpha value is -2.48. The molecule has 1 aromatic carbocycles. The number of halogens is 1. The molecule has 1 heterocycles. The van der Waals surface area contributed by atoms with Crippen LogP contribution in [0.5, 0.6) is 0 Å². The molecule has 0 fully saturated rings. The van der Waals surface area contributed by atoms with Crippen molar-refractivity contribution in [2.75, 3.05) is 6.61 Å². The number of hydrogen-bond donors (Lipinski definition) is 2. The first-order valence-corrected chi connectivity index (χ1v) is 8.17. The van der Waals surface area contributed by atoms with Gasteiger partial charge in [-0.2, -0.15) is 0 Å². The van der Waals surface area contributed by atoms with Crippen molar-refractivity contribution in [2.45, 2.75) is 26.3 Å². The molecular formula is C16H17FN2O4S. The van der Waals surface area contributed by atoms with Crippen LogP contribution in [0.3, 0.4) is 0 Å². The Morgan fingerprint density at radius 1 is 1.29 bits per heavy atom. The van der Waals surface area contributed by atoms with Crippen LogP contribution in [0.4, 0.5) is 9.18 Å². The Labute approximate surface area is 142 Å². The summed E-state index contributed by atoms with van der Waals surface area (Å²) in [5.41, 5.74) is 0. The summed E-state index contributed by atoms with van der Waals surface area (Å²) in [6.07, 6.45) is 0.725. The maximum atomic E-state index is 13.1. The number of amides is 3. The van der Waals surface area contributed by atoms with Gasteiger partial charge >= 0.3 is 12.0 Å². The van der Waals surface area contributed by atoms with Gasteiger partial charge in [-0.3, -0.25) is 10.1 Å². The number of rotatable bonds is 5. The summed E-state index contributed by atoms with van der Waals surface area (Å²) in [5.74, 6) is -1.82. The van der Waals surface area contributed by atoms with E-state index in [0.29, 0.717) is 5.39 Å². The molecule has 2 aromatic rings. The molecule has 1 aromatic heterocycles. The lowest BCUT2D eigenvalue weighted by Crippen LogP contribution is -2.44. The Kier molecular flexibility index (Phi) is 5.86. The number of thiophene rings is 1. The molecule has 128 valence electrons. The van der Waals surface area contributed by atoms with E-state index in [2.05, 4.69) is 10.6 Å². The molecule has 0 saturated heterocycles. The van der Waals surface area contributed by atoms with E-state index >= 15 is 0 Å². The fraction of sp³-hybridized carbons (Fsp3) is 0.312. The summed E-state index contributed by atoms with van der Waals surface area (Å²) < 4.78 is 18.7. The fourth-order valence-corrected chi connectivity index (χ4v) is 2.78. The van der Waals surface area contributed by atoms with Crippen LogP contribution in [-0.2, 0) is 9.53 Å². The van der Waals surface area contributed by atoms with Crippen molar-refractivity contribution in [1.29, 1.82) is 0 Å². The highest BCUT2D eigenvalue weighted by Gasteiger charge is 2.15. The number of imide groups is 1. The third-order valence-electron chi connectivity index (χ3n) is 3.26. The molecule has 0 aliphatic rings. The second kappa shape index (κ2) is 7.87. The van der Waals surface area contributed by atoms with Crippen molar-refractivity contribution in [3.63, 3.8) is 0 Å². The first kappa shape index (κ1) is 17.9.